The van der Waals surface area contributed by atoms with Crippen molar-refractivity contribution in [2.24, 2.45) is 11.8 Å². The van der Waals surface area contributed by atoms with E-state index in [-0.39, 0.29) is 11.8 Å². The van der Waals surface area contributed by atoms with E-state index < -0.39 is 0 Å². The van der Waals surface area contributed by atoms with Crippen molar-refractivity contribution in [1.82, 2.24) is 25.3 Å². The van der Waals surface area contributed by atoms with E-state index in [9.17, 15) is 4.79 Å². The highest BCUT2D eigenvalue weighted by molar-refractivity contribution is 5.79. The van der Waals surface area contributed by atoms with Gasteiger partial charge in [0.15, 0.2) is 0 Å². The molecule has 1 unspecified atom stereocenters. The summed E-state index contributed by atoms with van der Waals surface area (Å²) in [6.45, 7) is 7.28. The molecule has 0 bridgehead atoms. The highest BCUT2D eigenvalue weighted by atomic mass is 16.5. The second kappa shape index (κ2) is 11.1. The van der Waals surface area contributed by atoms with Gasteiger partial charge in [-0.25, -0.2) is 0 Å². The summed E-state index contributed by atoms with van der Waals surface area (Å²) in [6.07, 6.45) is 6.51. The van der Waals surface area contributed by atoms with E-state index in [2.05, 4.69) is 43.2 Å². The maximum Gasteiger partial charge on any atom is 0.324 e. The minimum Gasteiger partial charge on any atom is -0.497 e. The van der Waals surface area contributed by atoms with Crippen molar-refractivity contribution in [3.05, 3.63) is 53.9 Å². The molecule has 2 aliphatic heterocycles. The lowest BCUT2D eigenvalue weighted by atomic mass is 9.96. The second-order valence-electron chi connectivity index (χ2n) is 9.90. The number of nitrogens with one attached hydrogen (secondary N) is 1. The summed E-state index contributed by atoms with van der Waals surface area (Å²) >= 11 is 0. The van der Waals surface area contributed by atoms with Crippen LogP contribution in [-0.4, -0.2) is 65.8 Å². The predicted molar refractivity (Wildman–Crippen MR) is 137 cm³/mol. The molecule has 2 aromatic heterocycles. The van der Waals surface area contributed by atoms with Crippen LogP contribution in [0, 0.1) is 18.8 Å². The van der Waals surface area contributed by atoms with Gasteiger partial charge in [-0.2, -0.15) is 4.98 Å². The molecule has 2 aliphatic rings. The number of carbonyl (C=O) groups excluding carboxylic acids is 1. The van der Waals surface area contributed by atoms with Crippen molar-refractivity contribution in [3.8, 4) is 17.1 Å². The van der Waals surface area contributed by atoms with Crippen LogP contribution in [0.4, 0.5) is 6.01 Å². The summed E-state index contributed by atoms with van der Waals surface area (Å²) in [5, 5.41) is 7.35. The third-order valence-corrected chi connectivity index (χ3v) is 7.17. The number of ether oxygens (including phenoxy) is 1. The van der Waals surface area contributed by atoms with Crippen LogP contribution in [0.3, 0.4) is 0 Å². The van der Waals surface area contributed by atoms with Crippen LogP contribution in [0.15, 0.2) is 47.2 Å². The largest absolute Gasteiger partial charge is 0.497 e. The molecule has 0 spiro atoms. The molecule has 0 radical (unpaired) electrons. The van der Waals surface area contributed by atoms with Crippen molar-refractivity contribution in [2.45, 2.75) is 32.7 Å². The molecular formula is C27H34N6O3. The summed E-state index contributed by atoms with van der Waals surface area (Å²) in [5.41, 5.74) is 3.32. The molecule has 0 aliphatic carbocycles. The van der Waals surface area contributed by atoms with Gasteiger partial charge in [-0.3, -0.25) is 14.7 Å². The Labute approximate surface area is 211 Å². The highest BCUT2D eigenvalue weighted by Gasteiger charge is 2.29. The molecule has 3 aromatic rings. The standard InChI is InChI=1S/C27H34N6O3/c1-19-13-21(15-28-14-19)18-32-10-7-20(17-32)16-29-26(34)23-8-11-33(12-9-23)27-30-25(31-36-27)22-3-5-24(35-2)6-4-22/h3-6,13-15,20,23H,7-12,16-18H2,1-2H3,(H,29,34). The first-order valence-corrected chi connectivity index (χ1v) is 12.7. The van der Waals surface area contributed by atoms with Crippen LogP contribution < -0.4 is 15.0 Å². The number of methoxy groups -OCH3 is 1. The summed E-state index contributed by atoms with van der Waals surface area (Å²) in [7, 11) is 1.64. The van der Waals surface area contributed by atoms with Gasteiger partial charge in [0.2, 0.25) is 11.7 Å². The monoisotopic (exact) mass is 490 g/mol. The maximum absolute atomic E-state index is 12.8. The number of piperidine rings is 1. The van der Waals surface area contributed by atoms with Gasteiger partial charge in [-0.05, 0) is 74.0 Å². The quantitative estimate of drug-likeness (QED) is 0.514. The molecule has 5 rings (SSSR count). The van der Waals surface area contributed by atoms with Crippen LogP contribution in [0.5, 0.6) is 5.75 Å². The SMILES string of the molecule is COc1ccc(-c2noc(N3CCC(C(=O)NCC4CCN(Cc5cncc(C)c5)C4)CC3)n2)cc1. The van der Waals surface area contributed by atoms with Gasteiger partial charge in [0.1, 0.15) is 5.75 Å². The smallest absolute Gasteiger partial charge is 0.324 e. The van der Waals surface area contributed by atoms with E-state index >= 15 is 0 Å². The average molecular weight is 491 g/mol. The van der Waals surface area contributed by atoms with Gasteiger partial charge in [0.25, 0.3) is 0 Å². The molecular weight excluding hydrogens is 456 g/mol. The third-order valence-electron chi connectivity index (χ3n) is 7.17. The summed E-state index contributed by atoms with van der Waals surface area (Å²) in [5.74, 6) is 2.03. The number of benzene rings is 1. The first kappa shape index (κ1) is 24.2. The normalized spacial score (nSPS) is 18.9. The molecule has 4 heterocycles. The Bertz CT molecular complexity index is 1160. The van der Waals surface area contributed by atoms with Crippen molar-refractivity contribution in [1.29, 1.82) is 0 Å². The summed E-state index contributed by atoms with van der Waals surface area (Å²) in [6, 6.07) is 10.3. The molecule has 36 heavy (non-hydrogen) atoms. The van der Waals surface area contributed by atoms with Crippen molar-refractivity contribution in [3.63, 3.8) is 0 Å². The number of hydrogen-bond donors (Lipinski definition) is 1. The lowest BCUT2D eigenvalue weighted by molar-refractivity contribution is -0.125. The Kier molecular flexibility index (Phi) is 7.46. The van der Waals surface area contributed by atoms with Gasteiger partial charge in [-0.1, -0.05) is 11.2 Å². The van der Waals surface area contributed by atoms with Crippen LogP contribution in [0.1, 0.15) is 30.4 Å². The number of nitrogens with zero attached hydrogens (tertiary/aromatic N) is 5. The number of carbonyl (C=O) groups is 1. The number of amides is 1. The van der Waals surface area contributed by atoms with E-state index in [1.54, 1.807) is 7.11 Å². The molecule has 2 fully saturated rings. The Morgan fingerprint density at radius 3 is 2.69 bits per heavy atom. The van der Waals surface area contributed by atoms with Gasteiger partial charge >= 0.3 is 6.01 Å². The van der Waals surface area contributed by atoms with E-state index in [1.807, 2.05) is 36.7 Å². The lowest BCUT2D eigenvalue weighted by Gasteiger charge is -2.30. The Morgan fingerprint density at radius 1 is 1.14 bits per heavy atom. The molecule has 9 nitrogen and oxygen atoms in total. The van der Waals surface area contributed by atoms with E-state index in [4.69, 9.17) is 9.26 Å². The fourth-order valence-corrected chi connectivity index (χ4v) is 5.11. The first-order chi connectivity index (χ1) is 17.6. The molecule has 1 N–H and O–H groups in total. The van der Waals surface area contributed by atoms with Crippen LogP contribution in [-0.2, 0) is 11.3 Å². The maximum atomic E-state index is 12.8. The van der Waals surface area contributed by atoms with Crippen molar-refractivity contribution < 1.29 is 14.1 Å². The number of aryl methyl sites for hydroxylation is 1. The van der Waals surface area contributed by atoms with Crippen LogP contribution in [0.2, 0.25) is 0 Å². The number of rotatable bonds is 8. The number of hydrogen-bond acceptors (Lipinski definition) is 8. The Morgan fingerprint density at radius 2 is 1.94 bits per heavy atom. The molecule has 1 atom stereocenters. The van der Waals surface area contributed by atoms with Crippen LogP contribution in [0.25, 0.3) is 11.4 Å². The number of aromatic nitrogens is 3. The summed E-state index contributed by atoms with van der Waals surface area (Å²) in [4.78, 5) is 26.2. The predicted octanol–water partition coefficient (Wildman–Crippen LogP) is 3.30. The second-order valence-corrected chi connectivity index (χ2v) is 9.90. The third kappa shape index (κ3) is 5.84. The molecule has 1 amide bonds. The Hall–Kier alpha value is -3.46. The number of anilines is 1. The number of likely N-dealkylation sites (tertiary alicyclic amines) is 1. The van der Waals surface area contributed by atoms with Crippen molar-refractivity contribution >= 4 is 11.9 Å². The van der Waals surface area contributed by atoms with Crippen molar-refractivity contribution in [2.75, 3.05) is 44.7 Å². The zero-order valence-electron chi connectivity index (χ0n) is 21.0. The zero-order chi connectivity index (χ0) is 24.9. The lowest BCUT2D eigenvalue weighted by Crippen LogP contribution is -2.42. The van der Waals surface area contributed by atoms with E-state index in [0.29, 0.717) is 17.8 Å². The van der Waals surface area contributed by atoms with Gasteiger partial charge in [0, 0.05) is 56.6 Å². The minimum absolute atomic E-state index is 0.0288. The zero-order valence-corrected chi connectivity index (χ0v) is 21.0. The van der Waals surface area contributed by atoms with E-state index in [1.165, 1.54) is 11.1 Å². The van der Waals surface area contributed by atoms with E-state index in [0.717, 1.165) is 69.8 Å². The number of pyridine rings is 1. The summed E-state index contributed by atoms with van der Waals surface area (Å²) < 4.78 is 10.7. The topological polar surface area (TPSA) is 96.6 Å². The average Bonchev–Trinajstić information content (AvgIpc) is 3.58. The Balaban J connectivity index is 1.05. The fourth-order valence-electron chi connectivity index (χ4n) is 5.11. The van der Waals surface area contributed by atoms with Crippen LogP contribution >= 0.6 is 0 Å². The first-order valence-electron chi connectivity index (χ1n) is 12.7. The highest BCUT2D eigenvalue weighted by Crippen LogP contribution is 2.26. The molecule has 190 valence electrons. The minimum atomic E-state index is 0.0288. The van der Waals surface area contributed by atoms with Gasteiger partial charge in [0.05, 0.1) is 7.11 Å². The molecule has 0 saturated carbocycles. The fraction of sp³-hybridized carbons (Fsp3) is 0.481. The molecule has 2 saturated heterocycles. The van der Waals surface area contributed by atoms with Gasteiger partial charge < -0.3 is 19.5 Å². The van der Waals surface area contributed by atoms with Gasteiger partial charge in [-0.15, -0.1) is 0 Å². The molecule has 1 aromatic carbocycles. The molecule has 9 heteroatoms.